The Morgan fingerprint density at radius 1 is 1.19 bits per heavy atom. The quantitative estimate of drug-likeness (QED) is 0.472. The Morgan fingerprint density at radius 3 is 2.59 bits per heavy atom. The molecule has 10 nitrogen and oxygen atoms in total. The Bertz CT molecular complexity index is 1450. The van der Waals surface area contributed by atoms with Crippen molar-refractivity contribution in [2.24, 2.45) is 0 Å². The lowest BCUT2D eigenvalue weighted by molar-refractivity contribution is -0.136. The van der Waals surface area contributed by atoms with Crippen molar-refractivity contribution in [3.8, 4) is 0 Å². The molecule has 13 heteroatoms. The highest BCUT2D eigenvalue weighted by atomic mass is 35.5. The van der Waals surface area contributed by atoms with Gasteiger partial charge in [-0.3, -0.25) is 4.79 Å². The molecule has 2 aliphatic heterocycles. The summed E-state index contributed by atoms with van der Waals surface area (Å²) < 4.78 is 40.7. The standard InChI is InChI=1S/C24H24ClFN6O4S/c25-16-12-27-22(28-13-16)15-5-7-32(8-6-15)24-30-19-2-1-9-37(35,36)21(19)23(31-24)29-18-4-3-14(10-17(18)26)11-20(33)34/h3-4,10,12-13,15H,1-2,5-9,11H2,(H,33,34)(H,29,30,31). The van der Waals surface area contributed by atoms with Gasteiger partial charge in [-0.2, -0.15) is 4.98 Å². The fourth-order valence-electron chi connectivity index (χ4n) is 4.68. The van der Waals surface area contributed by atoms with Gasteiger partial charge in [0.1, 0.15) is 16.5 Å². The molecular formula is C24H24ClFN6O4S. The smallest absolute Gasteiger partial charge is 0.307 e. The van der Waals surface area contributed by atoms with Crippen LogP contribution in [0.3, 0.4) is 0 Å². The van der Waals surface area contributed by atoms with Gasteiger partial charge in [0.25, 0.3) is 0 Å². The van der Waals surface area contributed by atoms with E-state index in [1.807, 2.05) is 4.90 Å². The number of carboxylic acid groups (broad SMARTS) is 1. The van der Waals surface area contributed by atoms with Crippen LogP contribution in [0.5, 0.6) is 0 Å². The van der Waals surface area contributed by atoms with E-state index in [0.29, 0.717) is 48.2 Å². The zero-order valence-corrected chi connectivity index (χ0v) is 21.3. The number of aliphatic carboxylic acids is 1. The van der Waals surface area contributed by atoms with E-state index in [-0.39, 0.29) is 34.5 Å². The number of nitrogens with zero attached hydrogens (tertiary/aromatic N) is 5. The molecule has 1 fully saturated rings. The van der Waals surface area contributed by atoms with E-state index in [2.05, 4.69) is 25.3 Å². The molecule has 2 N–H and O–H groups in total. The maximum Gasteiger partial charge on any atom is 0.307 e. The Kier molecular flexibility index (Phi) is 6.95. The summed E-state index contributed by atoms with van der Waals surface area (Å²) in [6.07, 6.45) is 5.25. The zero-order valence-electron chi connectivity index (χ0n) is 19.7. The number of benzene rings is 1. The number of nitrogens with one attached hydrogen (secondary N) is 1. The first-order valence-electron chi connectivity index (χ1n) is 11.8. The van der Waals surface area contributed by atoms with Crippen LogP contribution in [0.15, 0.2) is 35.5 Å². The maximum absolute atomic E-state index is 14.8. The number of carbonyl (C=O) groups is 1. The minimum Gasteiger partial charge on any atom is -0.481 e. The van der Waals surface area contributed by atoms with Crippen LogP contribution in [0, 0.1) is 5.82 Å². The molecule has 4 heterocycles. The molecule has 0 radical (unpaired) electrons. The van der Waals surface area contributed by atoms with Gasteiger partial charge in [0.15, 0.2) is 15.7 Å². The van der Waals surface area contributed by atoms with Gasteiger partial charge >= 0.3 is 5.97 Å². The summed E-state index contributed by atoms with van der Waals surface area (Å²) in [4.78, 5) is 30.7. The Hall–Kier alpha value is -3.38. The Labute approximate surface area is 217 Å². The van der Waals surface area contributed by atoms with Crippen molar-refractivity contribution >= 4 is 44.9 Å². The second-order valence-electron chi connectivity index (χ2n) is 9.10. The Morgan fingerprint density at radius 2 is 1.92 bits per heavy atom. The molecule has 1 saturated heterocycles. The monoisotopic (exact) mass is 546 g/mol. The van der Waals surface area contributed by atoms with Crippen LogP contribution in [0.25, 0.3) is 0 Å². The number of piperidine rings is 1. The molecule has 0 atom stereocenters. The summed E-state index contributed by atoms with van der Waals surface area (Å²) in [5.41, 5.74) is 0.700. The van der Waals surface area contributed by atoms with Crippen LogP contribution in [0.1, 0.15) is 42.3 Å². The number of fused-ring (bicyclic) bond motifs is 1. The van der Waals surface area contributed by atoms with Crippen LogP contribution < -0.4 is 10.2 Å². The van der Waals surface area contributed by atoms with E-state index in [4.69, 9.17) is 16.7 Å². The molecule has 0 bridgehead atoms. The number of hydrogen-bond acceptors (Lipinski definition) is 9. The normalized spacial score (nSPS) is 17.3. The first-order chi connectivity index (χ1) is 17.7. The van der Waals surface area contributed by atoms with E-state index < -0.39 is 21.6 Å². The van der Waals surface area contributed by atoms with Crippen molar-refractivity contribution in [1.29, 1.82) is 0 Å². The second kappa shape index (κ2) is 10.2. The third-order valence-electron chi connectivity index (χ3n) is 6.49. The number of anilines is 3. The summed E-state index contributed by atoms with van der Waals surface area (Å²) >= 11 is 5.90. The molecule has 3 aromatic rings. The van der Waals surface area contributed by atoms with Crippen molar-refractivity contribution in [3.05, 3.63) is 58.5 Å². The zero-order chi connectivity index (χ0) is 26.2. The minimum atomic E-state index is -3.66. The number of sulfone groups is 1. The predicted octanol–water partition coefficient (Wildman–Crippen LogP) is 3.53. The number of hydrogen-bond donors (Lipinski definition) is 2. The van der Waals surface area contributed by atoms with Crippen molar-refractivity contribution in [2.45, 2.75) is 42.9 Å². The van der Waals surface area contributed by atoms with Crippen molar-refractivity contribution < 1.29 is 22.7 Å². The molecule has 0 saturated carbocycles. The van der Waals surface area contributed by atoms with E-state index in [9.17, 15) is 17.6 Å². The van der Waals surface area contributed by atoms with Crippen LogP contribution in [0.4, 0.5) is 21.8 Å². The number of aryl methyl sites for hydroxylation is 1. The van der Waals surface area contributed by atoms with Crippen molar-refractivity contribution in [2.75, 3.05) is 29.1 Å². The maximum atomic E-state index is 14.8. The molecule has 5 rings (SSSR count). The highest BCUT2D eigenvalue weighted by Crippen LogP contribution is 2.35. The molecule has 194 valence electrons. The molecule has 0 amide bonds. The van der Waals surface area contributed by atoms with E-state index in [0.717, 1.165) is 24.7 Å². The largest absolute Gasteiger partial charge is 0.481 e. The van der Waals surface area contributed by atoms with Gasteiger partial charge in [-0.1, -0.05) is 17.7 Å². The molecule has 37 heavy (non-hydrogen) atoms. The third-order valence-corrected chi connectivity index (χ3v) is 8.56. The second-order valence-corrected chi connectivity index (χ2v) is 11.6. The van der Waals surface area contributed by atoms with Gasteiger partial charge < -0.3 is 15.3 Å². The molecule has 2 aliphatic rings. The van der Waals surface area contributed by atoms with E-state index in [1.165, 1.54) is 12.1 Å². The first kappa shape index (κ1) is 25.3. The van der Waals surface area contributed by atoms with Gasteiger partial charge in [0.05, 0.1) is 28.6 Å². The molecule has 0 spiro atoms. The summed E-state index contributed by atoms with van der Waals surface area (Å²) in [6.45, 7) is 1.22. The minimum absolute atomic E-state index is 0.000331. The fourth-order valence-corrected chi connectivity index (χ4v) is 6.40. The van der Waals surface area contributed by atoms with Gasteiger partial charge in [-0.25, -0.2) is 27.8 Å². The average molecular weight is 547 g/mol. The third kappa shape index (κ3) is 5.49. The Balaban J connectivity index is 1.44. The van der Waals surface area contributed by atoms with E-state index in [1.54, 1.807) is 12.4 Å². The molecule has 0 unspecified atom stereocenters. The summed E-state index contributed by atoms with van der Waals surface area (Å²) in [5, 5.41) is 12.3. The van der Waals surface area contributed by atoms with Crippen LogP contribution in [-0.2, 0) is 27.5 Å². The molecule has 0 aliphatic carbocycles. The van der Waals surface area contributed by atoms with Crippen LogP contribution >= 0.6 is 11.6 Å². The highest BCUT2D eigenvalue weighted by molar-refractivity contribution is 7.91. The van der Waals surface area contributed by atoms with Crippen molar-refractivity contribution in [1.82, 2.24) is 19.9 Å². The lowest BCUT2D eigenvalue weighted by atomic mass is 9.96. The first-order valence-corrected chi connectivity index (χ1v) is 13.9. The summed E-state index contributed by atoms with van der Waals surface area (Å²) in [5.74, 6) is -0.543. The van der Waals surface area contributed by atoms with Gasteiger partial charge in [-0.05, 0) is 43.4 Å². The topological polar surface area (TPSA) is 138 Å². The number of carboxylic acids is 1. The van der Waals surface area contributed by atoms with Gasteiger partial charge in [0, 0.05) is 31.4 Å². The molecule has 2 aromatic heterocycles. The number of rotatable bonds is 6. The van der Waals surface area contributed by atoms with Gasteiger partial charge in [0.2, 0.25) is 5.95 Å². The molecule has 1 aromatic carbocycles. The van der Waals surface area contributed by atoms with Crippen LogP contribution in [0.2, 0.25) is 5.02 Å². The fraction of sp³-hybridized carbons (Fsp3) is 0.375. The summed E-state index contributed by atoms with van der Waals surface area (Å²) in [6, 6.07) is 3.98. The lowest BCUT2D eigenvalue weighted by Crippen LogP contribution is -2.35. The number of aromatic nitrogens is 4. The van der Waals surface area contributed by atoms with Gasteiger partial charge in [-0.15, -0.1) is 0 Å². The SMILES string of the molecule is O=C(O)Cc1ccc(Nc2nc(N3CCC(c4ncc(Cl)cn4)CC3)nc3c2S(=O)(=O)CCC3)c(F)c1. The van der Waals surface area contributed by atoms with Crippen molar-refractivity contribution in [3.63, 3.8) is 0 Å². The average Bonchev–Trinajstić information content (AvgIpc) is 2.85. The molecular weight excluding hydrogens is 523 g/mol. The lowest BCUT2D eigenvalue weighted by Gasteiger charge is -2.32. The highest BCUT2D eigenvalue weighted by Gasteiger charge is 2.32. The summed E-state index contributed by atoms with van der Waals surface area (Å²) in [7, 11) is -3.66. The number of halogens is 2. The van der Waals surface area contributed by atoms with Crippen LogP contribution in [-0.4, -0.2) is 58.3 Å². The predicted molar refractivity (Wildman–Crippen MR) is 135 cm³/mol. The van der Waals surface area contributed by atoms with E-state index >= 15 is 0 Å².